The summed E-state index contributed by atoms with van der Waals surface area (Å²) in [6.07, 6.45) is 0. The number of nitrogens with two attached hydrogens (primary N) is 1. The van der Waals surface area contributed by atoms with Gasteiger partial charge in [0.25, 0.3) is 5.91 Å². The molecule has 0 bridgehead atoms. The van der Waals surface area contributed by atoms with Crippen molar-refractivity contribution >= 4 is 27.9 Å². The number of carbonyl (C=O) groups is 1. The monoisotopic (exact) mass is 238 g/mol. The van der Waals surface area contributed by atoms with Crippen LogP contribution in [0.2, 0.25) is 0 Å². The van der Waals surface area contributed by atoms with Gasteiger partial charge in [0.05, 0.1) is 5.69 Å². The first kappa shape index (κ1) is 12.3. The van der Waals surface area contributed by atoms with Crippen molar-refractivity contribution in [2.24, 2.45) is 0 Å². The van der Waals surface area contributed by atoms with Crippen LogP contribution in [-0.4, -0.2) is 26.5 Å². The number of hydrogen-bond donors (Lipinski definition) is 2. The summed E-state index contributed by atoms with van der Waals surface area (Å²) in [4.78, 5) is 13.8. The summed E-state index contributed by atoms with van der Waals surface area (Å²) >= 11 is 1.23. The molecule has 0 saturated heterocycles. The highest BCUT2D eigenvalue weighted by Gasteiger charge is 2.21. The molecule has 1 rings (SSSR count). The lowest BCUT2D eigenvalue weighted by Crippen LogP contribution is -2.22. The molecule has 0 aromatic carbocycles. The smallest absolute Gasteiger partial charge is 0.263 e. The van der Waals surface area contributed by atoms with Crippen LogP contribution in [0.25, 0.3) is 0 Å². The first-order chi connectivity index (χ1) is 7.52. The average molecular weight is 238 g/mol. The molecule has 0 fully saturated rings. The molecule has 0 spiro atoms. The SMILES string of the molecule is CCNC(=O)c1sc(N(C)C)c(C#N)c1N. The van der Waals surface area contributed by atoms with Crippen LogP contribution in [0.3, 0.4) is 0 Å². The van der Waals surface area contributed by atoms with E-state index in [4.69, 9.17) is 11.0 Å². The minimum absolute atomic E-state index is 0.227. The topological polar surface area (TPSA) is 82.2 Å². The number of thiophene rings is 1. The highest BCUT2D eigenvalue weighted by atomic mass is 32.1. The molecule has 1 amide bonds. The van der Waals surface area contributed by atoms with E-state index >= 15 is 0 Å². The van der Waals surface area contributed by atoms with Crippen LogP contribution in [0.4, 0.5) is 10.7 Å². The van der Waals surface area contributed by atoms with Gasteiger partial charge >= 0.3 is 0 Å². The molecule has 16 heavy (non-hydrogen) atoms. The van der Waals surface area contributed by atoms with Crippen molar-refractivity contribution in [1.29, 1.82) is 5.26 Å². The summed E-state index contributed by atoms with van der Waals surface area (Å²) in [7, 11) is 3.63. The van der Waals surface area contributed by atoms with Crippen LogP contribution >= 0.6 is 11.3 Å². The Bertz CT molecular complexity index is 444. The molecule has 0 saturated carbocycles. The standard InChI is InChI=1S/C10H14N4OS/c1-4-13-9(15)8-7(12)6(5-11)10(16-8)14(2)3/h4,12H2,1-3H3,(H,13,15). The number of hydrogen-bond acceptors (Lipinski definition) is 5. The van der Waals surface area contributed by atoms with Crippen LogP contribution in [-0.2, 0) is 0 Å². The van der Waals surface area contributed by atoms with E-state index in [-0.39, 0.29) is 11.6 Å². The van der Waals surface area contributed by atoms with E-state index in [2.05, 4.69) is 5.32 Å². The Labute approximate surface area is 98.5 Å². The summed E-state index contributed by atoms with van der Waals surface area (Å²) < 4.78 is 0. The summed E-state index contributed by atoms with van der Waals surface area (Å²) in [6, 6.07) is 2.03. The van der Waals surface area contributed by atoms with Crippen molar-refractivity contribution in [3.8, 4) is 6.07 Å². The van der Waals surface area contributed by atoms with E-state index in [9.17, 15) is 4.79 Å². The normalized spacial score (nSPS) is 9.62. The number of nitriles is 1. The molecule has 0 aliphatic carbocycles. The molecular formula is C10H14N4OS. The van der Waals surface area contributed by atoms with Crippen LogP contribution in [0.5, 0.6) is 0 Å². The van der Waals surface area contributed by atoms with Gasteiger partial charge < -0.3 is 16.0 Å². The fourth-order valence-corrected chi connectivity index (χ4v) is 2.27. The van der Waals surface area contributed by atoms with Crippen molar-refractivity contribution in [2.75, 3.05) is 31.3 Å². The van der Waals surface area contributed by atoms with Gasteiger partial charge in [0.1, 0.15) is 21.5 Å². The number of carbonyl (C=O) groups excluding carboxylic acids is 1. The van der Waals surface area contributed by atoms with Gasteiger partial charge in [-0.3, -0.25) is 4.79 Å². The zero-order chi connectivity index (χ0) is 12.3. The van der Waals surface area contributed by atoms with E-state index in [1.54, 1.807) is 4.90 Å². The van der Waals surface area contributed by atoms with Crippen LogP contribution < -0.4 is 16.0 Å². The maximum Gasteiger partial charge on any atom is 0.263 e. The van der Waals surface area contributed by atoms with E-state index in [0.29, 0.717) is 22.0 Å². The molecule has 6 heteroatoms. The van der Waals surface area contributed by atoms with E-state index < -0.39 is 0 Å². The number of rotatable bonds is 3. The van der Waals surface area contributed by atoms with Crippen molar-refractivity contribution < 1.29 is 4.79 Å². The Morgan fingerprint density at radius 2 is 2.25 bits per heavy atom. The molecular weight excluding hydrogens is 224 g/mol. The van der Waals surface area contributed by atoms with Gasteiger partial charge in [-0.05, 0) is 6.92 Å². The van der Waals surface area contributed by atoms with Gasteiger partial charge in [0, 0.05) is 20.6 Å². The number of nitrogen functional groups attached to an aromatic ring is 1. The minimum atomic E-state index is -0.227. The Morgan fingerprint density at radius 1 is 1.62 bits per heavy atom. The largest absolute Gasteiger partial charge is 0.396 e. The van der Waals surface area contributed by atoms with E-state index in [1.807, 2.05) is 27.1 Å². The lowest BCUT2D eigenvalue weighted by atomic mass is 10.2. The van der Waals surface area contributed by atoms with Gasteiger partial charge in [-0.1, -0.05) is 0 Å². The second-order valence-electron chi connectivity index (χ2n) is 3.39. The van der Waals surface area contributed by atoms with Gasteiger partial charge in [-0.15, -0.1) is 11.3 Å². The van der Waals surface area contributed by atoms with Crippen molar-refractivity contribution in [3.63, 3.8) is 0 Å². The number of amides is 1. The summed E-state index contributed by atoms with van der Waals surface area (Å²) in [5.74, 6) is -0.227. The molecule has 1 aromatic heterocycles. The van der Waals surface area contributed by atoms with Crippen LogP contribution in [0.15, 0.2) is 0 Å². The van der Waals surface area contributed by atoms with Gasteiger partial charge in [-0.25, -0.2) is 0 Å². The van der Waals surface area contributed by atoms with Crippen molar-refractivity contribution in [1.82, 2.24) is 5.32 Å². The second-order valence-corrected chi connectivity index (χ2v) is 4.39. The summed E-state index contributed by atoms with van der Waals surface area (Å²) in [5, 5.41) is 12.4. The third kappa shape index (κ3) is 2.09. The lowest BCUT2D eigenvalue weighted by Gasteiger charge is -2.08. The van der Waals surface area contributed by atoms with E-state index in [0.717, 1.165) is 0 Å². The molecule has 3 N–H and O–H groups in total. The summed E-state index contributed by atoms with van der Waals surface area (Å²) in [5.41, 5.74) is 6.42. The predicted molar refractivity (Wildman–Crippen MR) is 65.8 cm³/mol. The van der Waals surface area contributed by atoms with Crippen molar-refractivity contribution in [2.45, 2.75) is 6.92 Å². The van der Waals surface area contributed by atoms with Gasteiger partial charge in [-0.2, -0.15) is 5.26 Å². The molecule has 0 aliphatic heterocycles. The molecule has 0 atom stereocenters. The third-order valence-electron chi connectivity index (χ3n) is 1.99. The maximum absolute atomic E-state index is 11.7. The molecule has 0 aliphatic rings. The number of nitrogens with one attached hydrogen (secondary N) is 1. The van der Waals surface area contributed by atoms with Crippen LogP contribution in [0, 0.1) is 11.3 Å². The summed E-state index contributed by atoms with van der Waals surface area (Å²) in [6.45, 7) is 2.37. The fourth-order valence-electron chi connectivity index (χ4n) is 1.26. The molecule has 1 aromatic rings. The maximum atomic E-state index is 11.7. The van der Waals surface area contributed by atoms with Gasteiger partial charge in [0.2, 0.25) is 0 Å². The average Bonchev–Trinajstić information content (AvgIpc) is 2.55. The van der Waals surface area contributed by atoms with Crippen molar-refractivity contribution in [3.05, 3.63) is 10.4 Å². The zero-order valence-electron chi connectivity index (χ0n) is 9.50. The zero-order valence-corrected chi connectivity index (χ0v) is 10.3. The first-order valence-electron chi connectivity index (χ1n) is 4.80. The Morgan fingerprint density at radius 3 is 2.62 bits per heavy atom. The second kappa shape index (κ2) is 4.86. The molecule has 0 unspecified atom stereocenters. The molecule has 0 radical (unpaired) electrons. The lowest BCUT2D eigenvalue weighted by molar-refractivity contribution is 0.0960. The Balaban J connectivity index is 3.24. The highest BCUT2D eigenvalue weighted by Crippen LogP contribution is 2.36. The predicted octanol–water partition coefficient (Wildman–Crippen LogP) is 1.02. The number of anilines is 2. The third-order valence-corrected chi connectivity index (χ3v) is 3.36. The molecule has 5 nitrogen and oxygen atoms in total. The molecule has 86 valence electrons. The van der Waals surface area contributed by atoms with Gasteiger partial charge in [0.15, 0.2) is 0 Å². The molecule has 1 heterocycles. The van der Waals surface area contributed by atoms with E-state index in [1.165, 1.54) is 11.3 Å². The van der Waals surface area contributed by atoms with Crippen LogP contribution in [0.1, 0.15) is 22.2 Å². The number of nitrogens with zero attached hydrogens (tertiary/aromatic N) is 2. The Hall–Kier alpha value is -1.74. The first-order valence-corrected chi connectivity index (χ1v) is 5.62. The Kier molecular flexibility index (Phi) is 3.74. The highest BCUT2D eigenvalue weighted by molar-refractivity contribution is 7.19. The quantitative estimate of drug-likeness (QED) is 0.823. The minimum Gasteiger partial charge on any atom is -0.396 e. The fraction of sp³-hybridized carbons (Fsp3) is 0.400.